The first-order valence-corrected chi connectivity index (χ1v) is 12.4. The number of carbonyl (C=O) groups is 1. The van der Waals surface area contributed by atoms with Gasteiger partial charge in [0.1, 0.15) is 24.4 Å². The lowest BCUT2D eigenvalue weighted by atomic mass is 9.77. The van der Waals surface area contributed by atoms with Crippen LogP contribution in [0.4, 0.5) is 0 Å². The number of fused-ring (bicyclic) bond motifs is 1. The molecular weight excluding hydrogens is 502 g/mol. The van der Waals surface area contributed by atoms with Crippen LogP contribution in [0.25, 0.3) is 0 Å². The Morgan fingerprint density at radius 2 is 1.84 bits per heavy atom. The molecule has 3 aliphatic rings. The van der Waals surface area contributed by atoms with Crippen LogP contribution in [0.3, 0.4) is 0 Å². The monoisotopic (exact) mass is 537 g/mol. The summed E-state index contributed by atoms with van der Waals surface area (Å²) in [6, 6.07) is 3.58. The molecule has 210 valence electrons. The fraction of sp³-hybridized carbons (Fsp3) is 0.577. The number of benzene rings is 1. The Hall–Kier alpha value is -2.71. The molecule has 4 rings (SSSR count). The Morgan fingerprint density at radius 1 is 1.13 bits per heavy atom. The van der Waals surface area contributed by atoms with Crippen molar-refractivity contribution in [3.05, 3.63) is 47.7 Å². The highest BCUT2D eigenvalue weighted by molar-refractivity contribution is 5.87. The van der Waals surface area contributed by atoms with Gasteiger partial charge in [0, 0.05) is 17.9 Å². The van der Waals surface area contributed by atoms with Crippen molar-refractivity contribution in [2.24, 2.45) is 11.8 Å². The summed E-state index contributed by atoms with van der Waals surface area (Å²) in [5.74, 6) is -1.29. The number of ether oxygens (including phenoxy) is 5. The highest BCUT2D eigenvalue weighted by atomic mass is 16.8. The van der Waals surface area contributed by atoms with Gasteiger partial charge in [-0.2, -0.15) is 0 Å². The summed E-state index contributed by atoms with van der Waals surface area (Å²) in [6.45, 7) is 3.92. The van der Waals surface area contributed by atoms with Gasteiger partial charge in [0.05, 0.1) is 32.7 Å². The molecule has 1 fully saturated rings. The Morgan fingerprint density at radius 3 is 2.47 bits per heavy atom. The molecule has 0 bridgehead atoms. The van der Waals surface area contributed by atoms with E-state index in [0.29, 0.717) is 24.5 Å². The first kappa shape index (κ1) is 28.3. The zero-order valence-corrected chi connectivity index (χ0v) is 21.2. The van der Waals surface area contributed by atoms with Crippen molar-refractivity contribution < 1.29 is 54.0 Å². The van der Waals surface area contributed by atoms with E-state index in [-0.39, 0.29) is 11.6 Å². The zero-order chi connectivity index (χ0) is 27.6. The van der Waals surface area contributed by atoms with Crippen molar-refractivity contribution >= 4 is 5.97 Å². The molecule has 6 N–H and O–H groups in total. The quantitative estimate of drug-likeness (QED) is 0.230. The van der Waals surface area contributed by atoms with Gasteiger partial charge in [0.15, 0.2) is 17.8 Å². The van der Waals surface area contributed by atoms with Crippen molar-refractivity contribution in [3.8, 4) is 11.5 Å². The molecule has 3 heterocycles. The summed E-state index contributed by atoms with van der Waals surface area (Å²) in [7, 11) is 3.12. The number of aliphatic carboxylic acids is 1. The minimum Gasteiger partial charge on any atom is -0.493 e. The number of hydrogen-bond donors (Lipinski definition) is 6. The number of nitrogens with one attached hydrogen (secondary N) is 1. The molecule has 9 atom stereocenters. The van der Waals surface area contributed by atoms with Crippen LogP contribution in [0.5, 0.6) is 11.5 Å². The highest BCUT2D eigenvalue weighted by Crippen LogP contribution is 2.42. The number of rotatable bonds is 9. The SMILES string of the molecule is C=C[C@H]1[C@H](O[C@@H]2O[C@H](CO)[C@@H](O)[C@H](O)[C@H]2O)OC=C(C(=O)O)[C@H]1C[C@@H]1NCCc2cc(OC)c(OC)cc21. The third-order valence-corrected chi connectivity index (χ3v) is 7.44. The number of hydrogen-bond acceptors (Lipinski definition) is 11. The molecule has 0 amide bonds. The number of carboxylic acid groups (broad SMARTS) is 1. The third-order valence-electron chi connectivity index (χ3n) is 7.44. The Labute approximate surface area is 220 Å². The molecule has 0 aromatic heterocycles. The fourth-order valence-electron chi connectivity index (χ4n) is 5.35. The summed E-state index contributed by atoms with van der Waals surface area (Å²) < 4.78 is 27.8. The van der Waals surface area contributed by atoms with E-state index in [4.69, 9.17) is 23.7 Å². The van der Waals surface area contributed by atoms with Crippen molar-refractivity contribution in [2.45, 2.75) is 55.9 Å². The van der Waals surface area contributed by atoms with E-state index in [1.165, 1.54) is 6.08 Å². The minimum absolute atomic E-state index is 0.0259. The van der Waals surface area contributed by atoms with Gasteiger partial charge in [-0.3, -0.25) is 0 Å². The third kappa shape index (κ3) is 5.38. The molecule has 1 saturated heterocycles. The maximum absolute atomic E-state index is 12.2. The van der Waals surface area contributed by atoms with E-state index in [2.05, 4.69) is 11.9 Å². The second-order valence-corrected chi connectivity index (χ2v) is 9.53. The molecule has 38 heavy (non-hydrogen) atoms. The van der Waals surface area contributed by atoms with Crippen LogP contribution >= 0.6 is 0 Å². The van der Waals surface area contributed by atoms with Gasteiger partial charge < -0.3 is 54.5 Å². The molecule has 0 aliphatic carbocycles. The van der Waals surface area contributed by atoms with Crippen molar-refractivity contribution in [3.63, 3.8) is 0 Å². The van der Waals surface area contributed by atoms with Crippen LogP contribution < -0.4 is 14.8 Å². The normalized spacial score (nSPS) is 34.9. The zero-order valence-electron chi connectivity index (χ0n) is 21.2. The standard InChI is InChI=1S/C26H35NO11/c1-4-13-15(8-17-14-9-19(35-3)18(34-2)7-12(14)5-6-27-17)16(24(32)33)11-36-25(13)38-26-23(31)22(30)21(29)20(10-28)37-26/h4,7,9,11,13,15,17,20-23,25-31H,1,5-6,8,10H2,2-3H3,(H,32,33)/t13-,15+,17+,20-,21-,22+,23-,25+,26+/m1/s1. The van der Waals surface area contributed by atoms with Gasteiger partial charge in [-0.15, -0.1) is 6.58 Å². The first-order chi connectivity index (χ1) is 18.2. The molecule has 12 nitrogen and oxygen atoms in total. The first-order valence-electron chi connectivity index (χ1n) is 12.4. The average molecular weight is 538 g/mol. The number of aliphatic hydroxyl groups is 4. The molecule has 1 aromatic carbocycles. The fourth-order valence-corrected chi connectivity index (χ4v) is 5.35. The van der Waals surface area contributed by atoms with Crippen molar-refractivity contribution in [1.29, 1.82) is 0 Å². The summed E-state index contributed by atoms with van der Waals surface area (Å²) in [5.41, 5.74) is 2.04. The van der Waals surface area contributed by atoms with E-state index >= 15 is 0 Å². The molecule has 0 unspecified atom stereocenters. The van der Waals surface area contributed by atoms with Crippen LogP contribution in [0.2, 0.25) is 0 Å². The summed E-state index contributed by atoms with van der Waals surface area (Å²) >= 11 is 0. The molecule has 0 saturated carbocycles. The maximum atomic E-state index is 12.2. The van der Waals surface area contributed by atoms with Gasteiger partial charge in [0.2, 0.25) is 6.29 Å². The largest absolute Gasteiger partial charge is 0.493 e. The van der Waals surface area contributed by atoms with Crippen molar-refractivity contribution in [2.75, 3.05) is 27.4 Å². The summed E-state index contributed by atoms with van der Waals surface area (Å²) in [5, 5.41) is 53.5. The summed E-state index contributed by atoms with van der Waals surface area (Å²) in [6.07, 6.45) is -4.83. The predicted octanol–water partition coefficient (Wildman–Crippen LogP) is -0.160. The molecule has 0 spiro atoms. The molecular formula is C26H35NO11. The van der Waals surface area contributed by atoms with E-state index < -0.39 is 61.4 Å². The van der Waals surface area contributed by atoms with Crippen LogP contribution in [0.15, 0.2) is 36.6 Å². The highest BCUT2D eigenvalue weighted by Gasteiger charge is 2.48. The molecule has 0 radical (unpaired) electrons. The molecule has 12 heteroatoms. The Balaban J connectivity index is 1.61. The maximum Gasteiger partial charge on any atom is 0.334 e. The number of aliphatic hydroxyl groups excluding tert-OH is 4. The molecule has 1 aromatic rings. The second kappa shape index (κ2) is 12.0. The van der Waals surface area contributed by atoms with Crippen LogP contribution in [-0.4, -0.2) is 95.9 Å². The van der Waals surface area contributed by atoms with Gasteiger partial charge in [-0.1, -0.05) is 6.08 Å². The summed E-state index contributed by atoms with van der Waals surface area (Å²) in [4.78, 5) is 12.2. The number of methoxy groups -OCH3 is 2. The van der Waals surface area contributed by atoms with E-state index in [1.807, 2.05) is 12.1 Å². The molecule has 3 aliphatic heterocycles. The second-order valence-electron chi connectivity index (χ2n) is 9.53. The average Bonchev–Trinajstić information content (AvgIpc) is 2.92. The van der Waals surface area contributed by atoms with E-state index in [9.17, 15) is 30.3 Å². The predicted molar refractivity (Wildman–Crippen MR) is 131 cm³/mol. The van der Waals surface area contributed by atoms with E-state index in [1.54, 1.807) is 14.2 Å². The lowest BCUT2D eigenvalue weighted by molar-refractivity contribution is -0.339. The minimum atomic E-state index is -1.64. The topological polar surface area (TPSA) is 176 Å². The Kier molecular flexibility index (Phi) is 8.93. The van der Waals surface area contributed by atoms with Gasteiger partial charge in [-0.05, 0) is 42.6 Å². The van der Waals surface area contributed by atoms with Crippen LogP contribution in [0.1, 0.15) is 23.6 Å². The van der Waals surface area contributed by atoms with Gasteiger partial charge in [0.25, 0.3) is 0 Å². The smallest absolute Gasteiger partial charge is 0.334 e. The van der Waals surface area contributed by atoms with Crippen LogP contribution in [0, 0.1) is 11.8 Å². The number of carboxylic acids is 1. The van der Waals surface area contributed by atoms with Gasteiger partial charge in [-0.25, -0.2) is 4.79 Å². The van der Waals surface area contributed by atoms with Crippen molar-refractivity contribution in [1.82, 2.24) is 5.32 Å². The Bertz CT molecular complexity index is 1040. The van der Waals surface area contributed by atoms with E-state index in [0.717, 1.165) is 23.8 Å². The lowest BCUT2D eigenvalue weighted by Crippen LogP contribution is -2.60. The van der Waals surface area contributed by atoms with Crippen LogP contribution in [-0.2, 0) is 25.4 Å². The van der Waals surface area contributed by atoms with Gasteiger partial charge >= 0.3 is 5.97 Å². The lowest BCUT2D eigenvalue weighted by Gasteiger charge is -2.43.